The Kier molecular flexibility index (Phi) is 6.92. The molecule has 3 aromatic rings. The van der Waals surface area contributed by atoms with Gasteiger partial charge in [0.25, 0.3) is 5.91 Å². The quantitative estimate of drug-likeness (QED) is 0.567. The molecule has 7 nitrogen and oxygen atoms in total. The first-order valence-electron chi connectivity index (χ1n) is 12.4. The maximum absolute atomic E-state index is 14.1. The van der Waals surface area contributed by atoms with E-state index in [-0.39, 0.29) is 11.7 Å². The van der Waals surface area contributed by atoms with E-state index in [1.54, 1.807) is 13.2 Å². The summed E-state index contributed by atoms with van der Waals surface area (Å²) in [6.45, 7) is 5.46. The maximum atomic E-state index is 14.1. The molecule has 0 radical (unpaired) electrons. The van der Waals surface area contributed by atoms with Crippen molar-refractivity contribution < 1.29 is 13.9 Å². The zero-order chi connectivity index (χ0) is 24.4. The van der Waals surface area contributed by atoms with Gasteiger partial charge in [0.1, 0.15) is 17.3 Å². The van der Waals surface area contributed by atoms with Gasteiger partial charge in [0, 0.05) is 60.9 Å². The lowest BCUT2D eigenvalue weighted by Gasteiger charge is -2.36. The minimum Gasteiger partial charge on any atom is -0.497 e. The number of hydrogen-bond donors (Lipinski definition) is 2. The van der Waals surface area contributed by atoms with E-state index in [4.69, 9.17) is 4.74 Å². The standard InChI is InChI=1S/C27H34FN5O2/c1-31-11-9-20(10-12-31)29-18-24-23-17-19(28)3-8-25(23)30-26(24)27(34)33-15-13-32(14-16-33)21-4-6-22(35-2)7-5-21/h3-8,17,20,29-30H,9-16,18H2,1-2H3. The molecule has 2 aromatic carbocycles. The van der Waals surface area contributed by atoms with Crippen LogP contribution in [0, 0.1) is 5.82 Å². The summed E-state index contributed by atoms with van der Waals surface area (Å²) in [7, 11) is 3.80. The van der Waals surface area contributed by atoms with E-state index < -0.39 is 0 Å². The number of likely N-dealkylation sites (tertiary alicyclic amines) is 1. The zero-order valence-corrected chi connectivity index (χ0v) is 20.5. The molecule has 2 fully saturated rings. The largest absolute Gasteiger partial charge is 0.497 e. The fourth-order valence-corrected chi connectivity index (χ4v) is 5.16. The van der Waals surface area contributed by atoms with Crippen LogP contribution in [0.15, 0.2) is 42.5 Å². The monoisotopic (exact) mass is 479 g/mol. The Morgan fingerprint density at radius 1 is 1.06 bits per heavy atom. The summed E-state index contributed by atoms with van der Waals surface area (Å²) < 4.78 is 19.4. The fraction of sp³-hybridized carbons (Fsp3) is 0.444. The first-order valence-corrected chi connectivity index (χ1v) is 12.4. The molecule has 35 heavy (non-hydrogen) atoms. The Balaban J connectivity index is 1.31. The minimum atomic E-state index is -0.288. The first kappa shape index (κ1) is 23.6. The van der Waals surface area contributed by atoms with E-state index in [1.807, 2.05) is 17.0 Å². The lowest BCUT2D eigenvalue weighted by atomic mass is 10.0. The molecule has 5 rings (SSSR count). The molecule has 0 saturated carbocycles. The smallest absolute Gasteiger partial charge is 0.270 e. The van der Waals surface area contributed by atoms with Gasteiger partial charge in [-0.05, 0) is 75.4 Å². The third-order valence-electron chi connectivity index (χ3n) is 7.37. The van der Waals surface area contributed by atoms with Crippen LogP contribution in [0.3, 0.4) is 0 Å². The van der Waals surface area contributed by atoms with Crippen LogP contribution in [0.2, 0.25) is 0 Å². The number of methoxy groups -OCH3 is 1. The maximum Gasteiger partial charge on any atom is 0.270 e. The number of fused-ring (bicyclic) bond motifs is 1. The number of nitrogens with zero attached hydrogens (tertiary/aromatic N) is 3. The van der Waals surface area contributed by atoms with Crippen LogP contribution in [0.25, 0.3) is 10.9 Å². The molecule has 2 aliphatic rings. The molecular weight excluding hydrogens is 445 g/mol. The van der Waals surface area contributed by atoms with Crippen molar-refractivity contribution in [2.45, 2.75) is 25.4 Å². The number of aromatic nitrogens is 1. The Labute approximate surface area is 205 Å². The number of ether oxygens (including phenoxy) is 1. The second-order valence-electron chi connectivity index (χ2n) is 9.60. The van der Waals surface area contributed by atoms with Gasteiger partial charge in [0.15, 0.2) is 0 Å². The molecule has 1 amide bonds. The van der Waals surface area contributed by atoms with Gasteiger partial charge in [-0.1, -0.05) is 0 Å². The molecule has 2 saturated heterocycles. The summed E-state index contributed by atoms with van der Waals surface area (Å²) in [5, 5.41) is 4.42. The number of carbonyl (C=O) groups is 1. The summed E-state index contributed by atoms with van der Waals surface area (Å²) in [5.41, 5.74) is 3.36. The van der Waals surface area contributed by atoms with E-state index in [1.165, 1.54) is 12.1 Å². The number of hydrogen-bond acceptors (Lipinski definition) is 5. The summed E-state index contributed by atoms with van der Waals surface area (Å²) >= 11 is 0. The topological polar surface area (TPSA) is 63.8 Å². The van der Waals surface area contributed by atoms with Gasteiger partial charge in [-0.25, -0.2) is 4.39 Å². The van der Waals surface area contributed by atoms with Crippen molar-refractivity contribution in [1.29, 1.82) is 0 Å². The normalized spacial score (nSPS) is 17.8. The fourth-order valence-electron chi connectivity index (χ4n) is 5.16. The van der Waals surface area contributed by atoms with Crippen LogP contribution < -0.4 is 15.0 Å². The van der Waals surface area contributed by atoms with Crippen molar-refractivity contribution in [3.8, 4) is 5.75 Å². The van der Waals surface area contributed by atoms with Crippen LogP contribution in [-0.2, 0) is 6.54 Å². The van der Waals surface area contributed by atoms with Crippen molar-refractivity contribution in [2.24, 2.45) is 0 Å². The number of halogens is 1. The van der Waals surface area contributed by atoms with Crippen LogP contribution >= 0.6 is 0 Å². The Morgan fingerprint density at radius 3 is 2.46 bits per heavy atom. The van der Waals surface area contributed by atoms with E-state index >= 15 is 0 Å². The molecule has 0 bridgehead atoms. The lowest BCUT2D eigenvalue weighted by molar-refractivity contribution is 0.0740. The number of aromatic amines is 1. The van der Waals surface area contributed by atoms with Crippen LogP contribution in [0.1, 0.15) is 28.9 Å². The van der Waals surface area contributed by atoms with Gasteiger partial charge in [-0.3, -0.25) is 4.79 Å². The molecule has 0 spiro atoms. The second kappa shape index (κ2) is 10.3. The number of piperidine rings is 1. The zero-order valence-electron chi connectivity index (χ0n) is 20.5. The summed E-state index contributed by atoms with van der Waals surface area (Å²) in [6, 6.07) is 13.1. The molecule has 0 unspecified atom stereocenters. The van der Waals surface area contributed by atoms with E-state index in [0.717, 1.165) is 66.9 Å². The molecular formula is C27H34FN5O2. The van der Waals surface area contributed by atoms with Gasteiger partial charge >= 0.3 is 0 Å². The SMILES string of the molecule is COc1ccc(N2CCN(C(=O)c3[nH]c4ccc(F)cc4c3CNC3CCN(C)CC3)CC2)cc1. The van der Waals surface area contributed by atoms with Gasteiger partial charge in [-0.2, -0.15) is 0 Å². The van der Waals surface area contributed by atoms with Gasteiger partial charge in [0.05, 0.1) is 7.11 Å². The highest BCUT2D eigenvalue weighted by Gasteiger charge is 2.27. The molecule has 186 valence electrons. The Bertz CT molecular complexity index is 1160. The average molecular weight is 480 g/mol. The summed E-state index contributed by atoms with van der Waals surface area (Å²) in [4.78, 5) is 23.5. The highest BCUT2D eigenvalue weighted by Crippen LogP contribution is 2.27. The predicted molar refractivity (Wildman–Crippen MR) is 137 cm³/mol. The molecule has 2 aliphatic heterocycles. The second-order valence-corrected chi connectivity index (χ2v) is 9.60. The number of carbonyl (C=O) groups excluding carboxylic acids is 1. The highest BCUT2D eigenvalue weighted by molar-refractivity contribution is 6.01. The number of rotatable bonds is 6. The third kappa shape index (κ3) is 5.13. The average Bonchev–Trinajstić information content (AvgIpc) is 3.25. The molecule has 2 N–H and O–H groups in total. The van der Waals surface area contributed by atoms with Crippen LogP contribution in [0.5, 0.6) is 5.75 Å². The third-order valence-corrected chi connectivity index (χ3v) is 7.37. The lowest BCUT2D eigenvalue weighted by Crippen LogP contribution is -2.49. The number of amides is 1. The van der Waals surface area contributed by atoms with Crippen molar-refractivity contribution in [1.82, 2.24) is 20.1 Å². The number of piperazine rings is 1. The van der Waals surface area contributed by atoms with Crippen LogP contribution in [-0.4, -0.2) is 80.2 Å². The summed E-state index contributed by atoms with van der Waals surface area (Å²) in [6.07, 6.45) is 2.15. The van der Waals surface area contributed by atoms with Crippen LogP contribution in [0.4, 0.5) is 10.1 Å². The van der Waals surface area contributed by atoms with Gasteiger partial charge in [0.2, 0.25) is 0 Å². The van der Waals surface area contributed by atoms with Crippen molar-refractivity contribution in [2.75, 3.05) is 58.3 Å². The minimum absolute atomic E-state index is 0.0174. The molecule has 1 aromatic heterocycles. The van der Waals surface area contributed by atoms with E-state index in [9.17, 15) is 9.18 Å². The number of benzene rings is 2. The predicted octanol–water partition coefficient (Wildman–Crippen LogP) is 3.46. The van der Waals surface area contributed by atoms with Crippen molar-refractivity contribution >= 4 is 22.5 Å². The summed E-state index contributed by atoms with van der Waals surface area (Å²) in [5.74, 6) is 0.527. The molecule has 8 heteroatoms. The molecule has 3 heterocycles. The number of anilines is 1. The number of H-pyrrole nitrogens is 1. The van der Waals surface area contributed by atoms with Crippen molar-refractivity contribution in [3.05, 3.63) is 59.5 Å². The highest BCUT2D eigenvalue weighted by atomic mass is 19.1. The molecule has 0 atom stereocenters. The van der Waals surface area contributed by atoms with Crippen molar-refractivity contribution in [3.63, 3.8) is 0 Å². The number of nitrogens with one attached hydrogen (secondary N) is 2. The van der Waals surface area contributed by atoms with Gasteiger partial charge < -0.3 is 29.7 Å². The Hall–Kier alpha value is -3.10. The van der Waals surface area contributed by atoms with E-state index in [0.29, 0.717) is 31.4 Å². The molecule has 0 aliphatic carbocycles. The van der Waals surface area contributed by atoms with Gasteiger partial charge in [-0.15, -0.1) is 0 Å². The first-order chi connectivity index (χ1) is 17.0. The Morgan fingerprint density at radius 2 is 1.77 bits per heavy atom. The van der Waals surface area contributed by atoms with E-state index in [2.05, 4.69) is 39.3 Å².